The molecule has 2 aromatic heterocycles. The van der Waals surface area contributed by atoms with E-state index in [0.29, 0.717) is 24.2 Å². The molecule has 0 atom stereocenters. The zero-order chi connectivity index (χ0) is 30.5. The zero-order valence-corrected chi connectivity index (χ0v) is 26.4. The van der Waals surface area contributed by atoms with Crippen molar-refractivity contribution in [3.63, 3.8) is 0 Å². The van der Waals surface area contributed by atoms with Gasteiger partial charge in [0.15, 0.2) is 0 Å². The molecule has 0 spiro atoms. The maximum atomic E-state index is 13.4. The number of halogens is 4. The number of hydrogen-bond acceptors (Lipinski definition) is 0. The second-order valence-electron chi connectivity index (χ2n) is 9.70. The number of aryl methyl sites for hydroxylation is 4. The Hall–Kier alpha value is -3.61. The monoisotopic (exact) mass is 618 g/mol. The van der Waals surface area contributed by atoms with E-state index in [1.165, 1.54) is 24.3 Å². The second kappa shape index (κ2) is 18.1. The molecule has 2 aliphatic rings. The fraction of sp³-hybridized carbons (Fsp3) is 0.222. The minimum Gasteiger partial charge on any atom is -0.356 e. The fourth-order valence-electron chi connectivity index (χ4n) is 4.11. The van der Waals surface area contributed by atoms with Crippen molar-refractivity contribution in [2.24, 2.45) is 0 Å². The van der Waals surface area contributed by atoms with Crippen molar-refractivity contribution in [3.05, 3.63) is 166 Å². The molecule has 2 heterocycles. The Kier molecular flexibility index (Phi) is 15.0. The summed E-state index contributed by atoms with van der Waals surface area (Å²) >= 11 is 0. The molecule has 0 amide bonds. The van der Waals surface area contributed by atoms with Crippen molar-refractivity contribution < 1.29 is 39.3 Å². The first kappa shape index (κ1) is 35.6. The summed E-state index contributed by atoms with van der Waals surface area (Å²) in [5, 5.41) is 0. The van der Waals surface area contributed by atoms with E-state index in [-0.39, 0.29) is 21.7 Å². The second-order valence-corrected chi connectivity index (χ2v) is 9.70. The molecule has 0 N–H and O–H groups in total. The first-order valence-electron chi connectivity index (χ1n) is 13.6. The van der Waals surface area contributed by atoms with Crippen LogP contribution in [0.5, 0.6) is 0 Å². The number of rotatable bonds is 4. The van der Waals surface area contributed by atoms with Crippen molar-refractivity contribution in [2.75, 3.05) is 0 Å². The van der Waals surface area contributed by atoms with Gasteiger partial charge in [0, 0.05) is 59.1 Å². The van der Waals surface area contributed by atoms with Crippen LogP contribution in [0.4, 0.5) is 17.6 Å². The Balaban J connectivity index is 0.000000223. The van der Waals surface area contributed by atoms with Gasteiger partial charge in [-0.15, -0.1) is 48.2 Å². The van der Waals surface area contributed by atoms with Crippen molar-refractivity contribution in [1.29, 1.82) is 0 Å². The number of allylic oxidation sites excluding steroid dienone is 8. The van der Waals surface area contributed by atoms with Crippen molar-refractivity contribution >= 4 is 0 Å². The molecule has 0 unspecified atom stereocenters. The topological polar surface area (TPSA) is 9.86 Å². The molecule has 0 saturated carbocycles. The predicted molar refractivity (Wildman–Crippen MR) is 160 cm³/mol. The van der Waals surface area contributed by atoms with Gasteiger partial charge in [-0.05, 0) is 52.0 Å². The summed E-state index contributed by atoms with van der Waals surface area (Å²) in [4.78, 5) is 0. The third-order valence-electron chi connectivity index (χ3n) is 6.55. The Morgan fingerprint density at radius 3 is 1.14 bits per heavy atom. The number of nitrogens with zero attached hydrogens (tertiary/aromatic N) is 2. The van der Waals surface area contributed by atoms with Gasteiger partial charge < -0.3 is 9.13 Å². The standard InChI is InChI=1S/2C13H12F2N.2C5H5.Ti/c2*1-9-3-4-10(2)16(9)8-11-5-6-12(14)7-13(11)15;2*1-2-4-5-3-1;/h2*3-6H,8H2,1-2H3;2*1-3H,4H2;/q4*-1;+4. The predicted octanol–water partition coefficient (Wildman–Crippen LogP) is 9.07. The molecular weight excluding hydrogens is 584 g/mol. The molecule has 6 rings (SSSR count). The molecular formula is C36H34F4N2Ti. The van der Waals surface area contributed by atoms with Gasteiger partial charge in [-0.2, -0.15) is 24.3 Å². The number of benzene rings is 2. The summed E-state index contributed by atoms with van der Waals surface area (Å²) in [6, 6.07) is 17.4. The minimum atomic E-state index is -0.665. The van der Waals surface area contributed by atoms with Gasteiger partial charge in [0.25, 0.3) is 0 Å². The van der Waals surface area contributed by atoms with Crippen molar-refractivity contribution in [1.82, 2.24) is 9.13 Å². The summed E-state index contributed by atoms with van der Waals surface area (Å²) < 4.78 is 56.1. The van der Waals surface area contributed by atoms with Gasteiger partial charge in [-0.1, -0.05) is 0 Å². The maximum absolute atomic E-state index is 13.4. The molecule has 2 nitrogen and oxygen atoms in total. The summed E-state index contributed by atoms with van der Waals surface area (Å²) in [5.74, 6) is -2.57. The van der Waals surface area contributed by atoms with Crippen LogP contribution in [0.1, 0.15) is 46.7 Å². The molecule has 2 aliphatic carbocycles. The summed E-state index contributed by atoms with van der Waals surface area (Å²) in [6.07, 6.45) is 20.0. The van der Waals surface area contributed by atoms with Crippen LogP contribution >= 0.6 is 0 Å². The minimum absolute atomic E-state index is 0. The molecule has 7 heteroatoms. The largest absolute Gasteiger partial charge is 4.00 e. The molecule has 43 heavy (non-hydrogen) atoms. The van der Waals surface area contributed by atoms with E-state index >= 15 is 0 Å². The Labute approximate surface area is 267 Å². The number of hydrogen-bond donors (Lipinski definition) is 0. The quantitative estimate of drug-likeness (QED) is 0.123. The van der Waals surface area contributed by atoms with Crippen LogP contribution in [-0.4, -0.2) is 9.13 Å². The summed E-state index contributed by atoms with van der Waals surface area (Å²) in [5.41, 5.74) is 5.12. The third-order valence-corrected chi connectivity index (χ3v) is 6.55. The molecule has 0 bridgehead atoms. The van der Waals surface area contributed by atoms with Gasteiger partial charge in [-0.3, -0.25) is 12.2 Å². The van der Waals surface area contributed by atoms with Crippen molar-refractivity contribution in [3.8, 4) is 0 Å². The SMILES string of the molecule is Cc1ccc(C)n1Cc1ccc(F)[c-]c1F.Cc1ccc(C)n1Cc1ccc(F)[c-]c1F.[C-]1=CC=CC1.[C-]1=CC=CC1.[Ti+4]. The molecule has 0 radical (unpaired) electrons. The van der Waals surface area contributed by atoms with Gasteiger partial charge >= 0.3 is 21.7 Å². The summed E-state index contributed by atoms with van der Waals surface area (Å²) in [6.45, 7) is 8.65. The normalized spacial score (nSPS) is 12.1. The molecule has 4 aromatic rings. The first-order valence-corrected chi connectivity index (χ1v) is 13.6. The van der Waals surface area contributed by atoms with Crippen molar-refractivity contribution in [2.45, 2.75) is 53.6 Å². The maximum Gasteiger partial charge on any atom is 4.00 e. The first-order chi connectivity index (χ1) is 20.2. The molecule has 0 aliphatic heterocycles. The van der Waals surface area contributed by atoms with E-state index in [1.54, 1.807) is 0 Å². The Bertz CT molecular complexity index is 1400. The number of aromatic nitrogens is 2. The van der Waals surface area contributed by atoms with Gasteiger partial charge in [0.1, 0.15) is 0 Å². The average Bonchev–Trinajstić information content (AvgIpc) is 3.79. The van der Waals surface area contributed by atoms with Crippen LogP contribution in [0.3, 0.4) is 0 Å². The van der Waals surface area contributed by atoms with Gasteiger partial charge in [0.2, 0.25) is 0 Å². The van der Waals surface area contributed by atoms with Crippen LogP contribution in [0.15, 0.2) is 85.0 Å². The van der Waals surface area contributed by atoms with Gasteiger partial charge in [0.05, 0.1) is 0 Å². The molecule has 220 valence electrons. The Morgan fingerprint density at radius 2 is 0.907 bits per heavy atom. The van der Waals surface area contributed by atoms with E-state index in [9.17, 15) is 17.6 Å². The van der Waals surface area contributed by atoms with E-state index in [1.807, 2.05) is 97.5 Å². The van der Waals surface area contributed by atoms with E-state index in [4.69, 9.17) is 0 Å². The zero-order valence-electron chi connectivity index (χ0n) is 24.8. The van der Waals surface area contributed by atoms with E-state index in [0.717, 1.165) is 35.6 Å². The smallest absolute Gasteiger partial charge is 0.356 e. The molecule has 0 saturated heterocycles. The molecule has 0 fully saturated rings. The van der Waals surface area contributed by atoms with E-state index < -0.39 is 23.3 Å². The molecule has 2 aromatic carbocycles. The van der Waals surface area contributed by atoms with Crippen LogP contribution < -0.4 is 0 Å². The third kappa shape index (κ3) is 11.5. The Morgan fingerprint density at radius 1 is 0.558 bits per heavy atom. The van der Waals surface area contributed by atoms with Crippen LogP contribution in [0.25, 0.3) is 0 Å². The fourth-order valence-corrected chi connectivity index (χ4v) is 4.11. The van der Waals surface area contributed by atoms with Crippen LogP contribution in [0.2, 0.25) is 0 Å². The van der Waals surface area contributed by atoms with Crippen LogP contribution in [-0.2, 0) is 34.8 Å². The van der Waals surface area contributed by atoms with E-state index in [2.05, 4.69) is 24.3 Å². The van der Waals surface area contributed by atoms with Gasteiger partial charge in [-0.25, -0.2) is 41.9 Å². The van der Waals surface area contributed by atoms with Crippen LogP contribution in [0, 0.1) is 75.2 Å². The summed E-state index contributed by atoms with van der Waals surface area (Å²) in [7, 11) is 0. The average molecular weight is 619 g/mol.